The summed E-state index contributed by atoms with van der Waals surface area (Å²) < 4.78 is 63.2. The third-order valence-corrected chi connectivity index (χ3v) is 10.8. The summed E-state index contributed by atoms with van der Waals surface area (Å²) in [6.45, 7) is 1.60. The predicted molar refractivity (Wildman–Crippen MR) is 208 cm³/mol. The molecular weight excluding hydrogens is 776 g/mol. The second-order valence-corrected chi connectivity index (χ2v) is 14.5. The largest absolute Gasteiger partial charge is 0.494 e. The van der Waals surface area contributed by atoms with Crippen molar-refractivity contribution in [2.75, 3.05) is 49.8 Å². The van der Waals surface area contributed by atoms with Crippen LogP contribution < -0.4 is 30.9 Å². The molecular formula is C41H40F4N8O6. The number of para-hydroxylation sites is 1. The Morgan fingerprint density at radius 2 is 1.69 bits per heavy atom. The van der Waals surface area contributed by atoms with Crippen LogP contribution in [-0.2, 0) is 22.3 Å². The zero-order chi connectivity index (χ0) is 42.2. The van der Waals surface area contributed by atoms with Crippen LogP contribution in [0.15, 0.2) is 66.9 Å². The number of nitrogens with zero attached hydrogens (tertiary/aromatic N) is 4. The first-order valence-electron chi connectivity index (χ1n) is 18.8. The van der Waals surface area contributed by atoms with Gasteiger partial charge in [-0.3, -0.25) is 39.1 Å². The van der Waals surface area contributed by atoms with Gasteiger partial charge < -0.3 is 25.6 Å². The number of pyridine rings is 1. The fraction of sp³-hybridized carbons (Fsp3) is 0.317. The Kier molecular flexibility index (Phi) is 11.3. The van der Waals surface area contributed by atoms with E-state index in [4.69, 9.17) is 4.74 Å². The Hall–Kier alpha value is -6.56. The third-order valence-electron chi connectivity index (χ3n) is 10.8. The zero-order valence-corrected chi connectivity index (χ0v) is 32.2. The predicted octanol–water partition coefficient (Wildman–Crippen LogP) is 5.60. The number of hydrogen-bond donors (Lipinski definition) is 4. The third kappa shape index (κ3) is 8.25. The normalized spacial score (nSPS) is 17.3. The summed E-state index contributed by atoms with van der Waals surface area (Å²) in [5, 5.41) is 10.4. The second-order valence-electron chi connectivity index (χ2n) is 14.5. The average molecular weight is 817 g/mol. The lowest BCUT2D eigenvalue weighted by Crippen LogP contribution is -2.54. The molecule has 18 heteroatoms. The number of alkyl halides is 3. The number of anilines is 5. The molecule has 1 aromatic heterocycles. The van der Waals surface area contributed by atoms with E-state index in [0.29, 0.717) is 42.8 Å². The zero-order valence-electron chi connectivity index (χ0n) is 32.2. The van der Waals surface area contributed by atoms with Gasteiger partial charge in [-0.15, -0.1) is 0 Å². The number of aromatic nitrogens is 1. The van der Waals surface area contributed by atoms with E-state index in [0.717, 1.165) is 23.4 Å². The van der Waals surface area contributed by atoms with Gasteiger partial charge in [-0.25, -0.2) is 9.37 Å². The van der Waals surface area contributed by atoms with Crippen LogP contribution >= 0.6 is 0 Å². The Balaban J connectivity index is 1.00. The molecule has 7 rings (SSSR count). The van der Waals surface area contributed by atoms with Gasteiger partial charge in [-0.1, -0.05) is 12.1 Å². The Morgan fingerprint density at radius 3 is 2.39 bits per heavy atom. The number of carbonyl (C=O) groups excluding carboxylic acids is 5. The molecule has 2 fully saturated rings. The SMILES string of the molecule is CNC(=O)c1ccccc1Nc1cc(Nc2ccc(N3CCC(N(C)Cc4cc(F)c5c(c4)C(=O)N(C4CCC(=O)NC4=O)C5=O)CC3)cc2OC)ncc1C(F)(F)F. The average Bonchev–Trinajstić information content (AvgIpc) is 3.46. The number of nitrogens with one attached hydrogen (secondary N) is 4. The molecule has 5 amide bonds. The van der Waals surface area contributed by atoms with E-state index < -0.39 is 53.1 Å². The molecule has 3 aromatic carbocycles. The number of amides is 5. The van der Waals surface area contributed by atoms with Crippen molar-refractivity contribution in [3.8, 4) is 5.75 Å². The number of ether oxygens (including phenoxy) is 1. The van der Waals surface area contributed by atoms with E-state index in [1.54, 1.807) is 18.2 Å². The highest BCUT2D eigenvalue weighted by molar-refractivity contribution is 6.23. The van der Waals surface area contributed by atoms with Crippen molar-refractivity contribution in [1.29, 1.82) is 0 Å². The maximum Gasteiger partial charge on any atom is 0.419 e. The molecule has 14 nitrogen and oxygen atoms in total. The molecule has 3 aliphatic rings. The lowest BCUT2D eigenvalue weighted by molar-refractivity contribution is -0.137. The van der Waals surface area contributed by atoms with Gasteiger partial charge in [0.15, 0.2) is 0 Å². The molecule has 1 atom stereocenters. The quantitative estimate of drug-likeness (QED) is 0.110. The summed E-state index contributed by atoms with van der Waals surface area (Å²) in [5.41, 5.74) is 0.320. The number of imide groups is 2. The second kappa shape index (κ2) is 16.4. The molecule has 4 N–H and O–H groups in total. The molecule has 4 aromatic rings. The van der Waals surface area contributed by atoms with E-state index in [2.05, 4.69) is 36.1 Å². The van der Waals surface area contributed by atoms with Crippen LogP contribution in [0.5, 0.6) is 5.75 Å². The number of fused-ring (bicyclic) bond motifs is 1. The minimum atomic E-state index is -4.73. The van der Waals surface area contributed by atoms with Gasteiger partial charge >= 0.3 is 6.18 Å². The first-order valence-corrected chi connectivity index (χ1v) is 18.8. The molecule has 2 saturated heterocycles. The van der Waals surface area contributed by atoms with Crippen LogP contribution in [0.2, 0.25) is 0 Å². The Morgan fingerprint density at radius 1 is 0.949 bits per heavy atom. The topological polar surface area (TPSA) is 165 Å². The van der Waals surface area contributed by atoms with Crippen LogP contribution in [0.1, 0.15) is 67.9 Å². The highest BCUT2D eigenvalue weighted by Gasteiger charge is 2.46. The van der Waals surface area contributed by atoms with E-state index in [-0.39, 0.29) is 52.8 Å². The summed E-state index contributed by atoms with van der Waals surface area (Å²) in [7, 11) is 4.80. The molecule has 308 valence electrons. The number of carbonyl (C=O) groups is 5. The summed E-state index contributed by atoms with van der Waals surface area (Å²) >= 11 is 0. The minimum absolute atomic E-state index is 0.0295. The van der Waals surface area contributed by atoms with Crippen molar-refractivity contribution in [2.24, 2.45) is 0 Å². The fourth-order valence-electron chi connectivity index (χ4n) is 7.72. The smallest absolute Gasteiger partial charge is 0.419 e. The minimum Gasteiger partial charge on any atom is -0.494 e. The molecule has 0 spiro atoms. The van der Waals surface area contributed by atoms with Gasteiger partial charge in [0.25, 0.3) is 17.7 Å². The van der Waals surface area contributed by atoms with Gasteiger partial charge in [0.1, 0.15) is 23.4 Å². The Bertz CT molecular complexity index is 2350. The van der Waals surface area contributed by atoms with Gasteiger partial charge in [0.05, 0.1) is 46.4 Å². The number of hydrogen-bond acceptors (Lipinski definition) is 11. The van der Waals surface area contributed by atoms with Crippen LogP contribution in [0.4, 0.5) is 46.1 Å². The molecule has 0 aliphatic carbocycles. The maximum atomic E-state index is 15.4. The van der Waals surface area contributed by atoms with Crippen molar-refractivity contribution in [1.82, 2.24) is 25.4 Å². The molecule has 3 aliphatic heterocycles. The fourth-order valence-corrected chi connectivity index (χ4v) is 7.72. The lowest BCUT2D eigenvalue weighted by atomic mass is 10.0. The first kappa shape index (κ1) is 40.6. The molecule has 59 heavy (non-hydrogen) atoms. The number of rotatable bonds is 11. The van der Waals surface area contributed by atoms with E-state index in [1.807, 2.05) is 19.2 Å². The summed E-state index contributed by atoms with van der Waals surface area (Å²) in [6, 6.07) is 14.5. The number of piperidine rings is 2. The van der Waals surface area contributed by atoms with Gasteiger partial charge in [-0.2, -0.15) is 13.2 Å². The van der Waals surface area contributed by atoms with E-state index in [9.17, 15) is 37.1 Å². The van der Waals surface area contributed by atoms with Crippen LogP contribution in [0, 0.1) is 5.82 Å². The number of benzene rings is 3. The summed E-state index contributed by atoms with van der Waals surface area (Å²) in [4.78, 5) is 71.8. The molecule has 0 bridgehead atoms. The standard InChI is InChI=1S/C41H40F4N8O6/c1-46-37(55)25-6-4-5-7-29(25)48-31-19-34(47-20-27(31)41(43,44)45)49-30-9-8-24(18-33(30)59-3)52-14-12-23(13-15-52)51(2)21-22-16-26-36(28(42)17-22)40(58)53(39(26)57)32-10-11-35(54)50-38(32)56/h4-9,16-20,23,32H,10-15,21H2,1-3H3,(H,46,55)(H2,47,48,49)(H,50,54,56). The molecule has 0 saturated carbocycles. The van der Waals surface area contributed by atoms with Gasteiger partial charge in [-0.05, 0) is 68.3 Å². The number of methoxy groups -OCH3 is 1. The molecule has 4 heterocycles. The van der Waals surface area contributed by atoms with Crippen molar-refractivity contribution >= 4 is 58.1 Å². The maximum absolute atomic E-state index is 15.4. The summed E-state index contributed by atoms with van der Waals surface area (Å²) in [5.74, 6) is -3.74. The van der Waals surface area contributed by atoms with Crippen LogP contribution in [0.3, 0.4) is 0 Å². The summed E-state index contributed by atoms with van der Waals surface area (Å²) in [6.07, 6.45) is -2.61. The van der Waals surface area contributed by atoms with Crippen molar-refractivity contribution in [2.45, 2.75) is 50.5 Å². The highest BCUT2D eigenvalue weighted by Crippen LogP contribution is 2.39. The van der Waals surface area contributed by atoms with E-state index in [1.165, 1.54) is 44.5 Å². The van der Waals surface area contributed by atoms with Crippen LogP contribution in [-0.4, -0.2) is 90.7 Å². The van der Waals surface area contributed by atoms with Crippen LogP contribution in [0.25, 0.3) is 0 Å². The molecule has 0 radical (unpaired) electrons. The molecule has 1 unspecified atom stereocenters. The Labute approximate surface area is 335 Å². The number of halogens is 4. The van der Waals surface area contributed by atoms with Gasteiger partial charge in [0, 0.05) is 63.2 Å². The lowest BCUT2D eigenvalue weighted by Gasteiger charge is -2.38. The van der Waals surface area contributed by atoms with Crippen molar-refractivity contribution in [3.05, 3.63) is 100 Å². The van der Waals surface area contributed by atoms with Gasteiger partial charge in [0.2, 0.25) is 11.8 Å². The monoisotopic (exact) mass is 816 g/mol. The first-order chi connectivity index (χ1) is 28.2. The van der Waals surface area contributed by atoms with E-state index >= 15 is 4.39 Å². The van der Waals surface area contributed by atoms with Crippen molar-refractivity contribution < 1.29 is 46.3 Å². The van der Waals surface area contributed by atoms with Crippen molar-refractivity contribution in [3.63, 3.8) is 0 Å². The highest BCUT2D eigenvalue weighted by atomic mass is 19.4.